The van der Waals surface area contributed by atoms with E-state index in [1.54, 1.807) is 29.2 Å². The third kappa shape index (κ3) is 3.82. The maximum Gasteiger partial charge on any atom is 0.247 e. The van der Waals surface area contributed by atoms with E-state index in [0.717, 1.165) is 17.7 Å². The lowest BCUT2D eigenvalue weighted by molar-refractivity contribution is -0.130. The Morgan fingerprint density at radius 2 is 1.90 bits per heavy atom. The molecule has 148 valence electrons. The van der Waals surface area contributed by atoms with Crippen molar-refractivity contribution in [1.29, 1.82) is 0 Å². The Bertz CT molecular complexity index is 1040. The van der Waals surface area contributed by atoms with Gasteiger partial charge < -0.3 is 4.90 Å². The molecule has 0 saturated carbocycles. The first-order chi connectivity index (χ1) is 14.0. The standard InChI is InChI=1S/C22H19ClN2O3S/c1-14-10-15-6-2-5-9-18(15)25(14)20(27)12-24-21(28)13-29-22(24)11-19(26)16-7-3-4-8-17(16)23/h2-9,11,14H,10,12-13H2,1H3. The largest absolute Gasteiger partial charge is 0.307 e. The van der Waals surface area contributed by atoms with Gasteiger partial charge in [0.05, 0.1) is 15.8 Å². The number of fused-ring (bicyclic) bond motifs is 1. The second kappa shape index (κ2) is 8.05. The third-order valence-electron chi connectivity index (χ3n) is 5.07. The fourth-order valence-electron chi connectivity index (χ4n) is 3.71. The third-order valence-corrected chi connectivity index (χ3v) is 6.43. The van der Waals surface area contributed by atoms with Gasteiger partial charge in [0.2, 0.25) is 11.8 Å². The Balaban J connectivity index is 1.56. The number of hydrogen-bond donors (Lipinski definition) is 0. The quantitative estimate of drug-likeness (QED) is 0.549. The lowest BCUT2D eigenvalue weighted by atomic mass is 10.1. The topological polar surface area (TPSA) is 57.7 Å². The second-order valence-corrected chi connectivity index (χ2v) is 8.44. The predicted molar refractivity (Wildman–Crippen MR) is 115 cm³/mol. The van der Waals surface area contributed by atoms with Crippen LogP contribution in [0.3, 0.4) is 0 Å². The van der Waals surface area contributed by atoms with Gasteiger partial charge in [0.25, 0.3) is 0 Å². The van der Waals surface area contributed by atoms with Gasteiger partial charge in [0.15, 0.2) is 5.78 Å². The Kier molecular flexibility index (Phi) is 5.48. The molecule has 2 aromatic carbocycles. The first-order valence-electron chi connectivity index (χ1n) is 9.29. The number of ketones is 1. The van der Waals surface area contributed by atoms with Crippen LogP contribution in [0.25, 0.3) is 0 Å². The van der Waals surface area contributed by atoms with E-state index in [1.165, 1.54) is 22.7 Å². The summed E-state index contributed by atoms with van der Waals surface area (Å²) in [7, 11) is 0. The van der Waals surface area contributed by atoms with Crippen molar-refractivity contribution >= 4 is 46.6 Å². The number of amides is 2. The molecule has 0 radical (unpaired) electrons. The molecule has 5 nitrogen and oxygen atoms in total. The summed E-state index contributed by atoms with van der Waals surface area (Å²) in [5.74, 6) is -0.414. The molecule has 2 heterocycles. The fraction of sp³-hybridized carbons (Fsp3) is 0.227. The highest BCUT2D eigenvalue weighted by Crippen LogP contribution is 2.34. The average molecular weight is 427 g/mol. The van der Waals surface area contributed by atoms with Gasteiger partial charge in [-0.3, -0.25) is 19.3 Å². The maximum absolute atomic E-state index is 13.1. The number of hydrogen-bond acceptors (Lipinski definition) is 4. The van der Waals surface area contributed by atoms with Crippen molar-refractivity contribution < 1.29 is 14.4 Å². The van der Waals surface area contributed by atoms with E-state index in [-0.39, 0.29) is 35.9 Å². The lowest BCUT2D eigenvalue weighted by Gasteiger charge is -2.26. The van der Waals surface area contributed by atoms with E-state index < -0.39 is 0 Å². The highest BCUT2D eigenvalue weighted by atomic mass is 35.5. The van der Waals surface area contributed by atoms with Crippen LogP contribution in [-0.2, 0) is 16.0 Å². The summed E-state index contributed by atoms with van der Waals surface area (Å²) in [6, 6.07) is 14.6. The van der Waals surface area contributed by atoms with Crippen molar-refractivity contribution in [2.75, 3.05) is 17.2 Å². The van der Waals surface area contributed by atoms with Crippen LogP contribution in [0.4, 0.5) is 5.69 Å². The molecule has 2 aliphatic heterocycles. The summed E-state index contributed by atoms with van der Waals surface area (Å²) < 4.78 is 0. The molecule has 1 fully saturated rings. The monoisotopic (exact) mass is 426 g/mol. The number of rotatable bonds is 4. The van der Waals surface area contributed by atoms with E-state index in [9.17, 15) is 14.4 Å². The van der Waals surface area contributed by atoms with Crippen molar-refractivity contribution in [3.8, 4) is 0 Å². The Morgan fingerprint density at radius 3 is 2.69 bits per heavy atom. The summed E-state index contributed by atoms with van der Waals surface area (Å²) >= 11 is 7.37. The van der Waals surface area contributed by atoms with Gasteiger partial charge in [-0.2, -0.15) is 0 Å². The average Bonchev–Trinajstić information content (AvgIpc) is 3.21. The van der Waals surface area contributed by atoms with Crippen LogP contribution < -0.4 is 4.90 Å². The number of halogens is 1. The number of para-hydroxylation sites is 1. The number of carbonyl (C=O) groups is 3. The fourth-order valence-corrected chi connectivity index (χ4v) is 4.88. The van der Waals surface area contributed by atoms with Crippen LogP contribution in [0.15, 0.2) is 59.6 Å². The van der Waals surface area contributed by atoms with Gasteiger partial charge in [-0.15, -0.1) is 0 Å². The first-order valence-corrected chi connectivity index (χ1v) is 10.7. The smallest absolute Gasteiger partial charge is 0.247 e. The summed E-state index contributed by atoms with van der Waals surface area (Å²) in [5, 5.41) is 0.835. The van der Waals surface area contributed by atoms with E-state index in [1.807, 2.05) is 31.2 Å². The Hall–Kier alpha value is -2.57. The minimum Gasteiger partial charge on any atom is -0.307 e. The molecule has 4 rings (SSSR count). The highest BCUT2D eigenvalue weighted by molar-refractivity contribution is 8.04. The van der Waals surface area contributed by atoms with E-state index in [2.05, 4.69) is 0 Å². The SMILES string of the molecule is CC1Cc2ccccc2N1C(=O)CN1C(=O)CSC1=CC(=O)c1ccccc1Cl. The molecule has 29 heavy (non-hydrogen) atoms. The second-order valence-electron chi connectivity index (χ2n) is 7.04. The molecule has 2 amide bonds. The van der Waals surface area contributed by atoms with Crippen molar-refractivity contribution in [3.63, 3.8) is 0 Å². The number of thioether (sulfide) groups is 1. The predicted octanol–water partition coefficient (Wildman–Crippen LogP) is 3.92. The zero-order chi connectivity index (χ0) is 20.5. The van der Waals surface area contributed by atoms with Gasteiger partial charge in [-0.25, -0.2) is 0 Å². The normalized spacial score (nSPS) is 19.7. The van der Waals surface area contributed by atoms with Gasteiger partial charge >= 0.3 is 0 Å². The summed E-state index contributed by atoms with van der Waals surface area (Å²) in [6.07, 6.45) is 2.18. The van der Waals surface area contributed by atoms with Crippen LogP contribution in [-0.4, -0.2) is 40.8 Å². The zero-order valence-corrected chi connectivity index (χ0v) is 17.4. The summed E-state index contributed by atoms with van der Waals surface area (Å²) in [4.78, 5) is 41.2. The molecule has 1 saturated heterocycles. The van der Waals surface area contributed by atoms with E-state index in [4.69, 9.17) is 11.6 Å². The van der Waals surface area contributed by atoms with Crippen LogP contribution >= 0.6 is 23.4 Å². The molecule has 7 heteroatoms. The molecule has 2 aliphatic rings. The number of allylic oxidation sites excluding steroid dienone is 1. The molecule has 2 aromatic rings. The van der Waals surface area contributed by atoms with Crippen LogP contribution in [0, 0.1) is 0 Å². The molecular weight excluding hydrogens is 408 g/mol. The van der Waals surface area contributed by atoms with E-state index in [0.29, 0.717) is 15.6 Å². The van der Waals surface area contributed by atoms with Gasteiger partial charge in [0, 0.05) is 23.4 Å². The van der Waals surface area contributed by atoms with Crippen molar-refractivity contribution in [2.24, 2.45) is 0 Å². The van der Waals surface area contributed by atoms with Gasteiger partial charge in [-0.05, 0) is 37.1 Å². The minimum atomic E-state index is -0.287. The molecular formula is C22H19ClN2O3S. The number of anilines is 1. The highest BCUT2D eigenvalue weighted by Gasteiger charge is 2.35. The summed E-state index contributed by atoms with van der Waals surface area (Å²) in [6.45, 7) is 1.91. The molecule has 0 aliphatic carbocycles. The Labute approximate surface area is 178 Å². The maximum atomic E-state index is 13.1. The number of benzene rings is 2. The minimum absolute atomic E-state index is 0.0300. The molecule has 1 unspecified atom stereocenters. The Morgan fingerprint density at radius 1 is 1.17 bits per heavy atom. The van der Waals surface area contributed by atoms with E-state index >= 15 is 0 Å². The molecule has 0 N–H and O–H groups in total. The van der Waals surface area contributed by atoms with Crippen LogP contribution in [0.2, 0.25) is 5.02 Å². The van der Waals surface area contributed by atoms with Gasteiger partial charge in [0.1, 0.15) is 6.54 Å². The lowest BCUT2D eigenvalue weighted by Crippen LogP contribution is -2.43. The van der Waals surface area contributed by atoms with Crippen molar-refractivity contribution in [3.05, 3.63) is 75.8 Å². The van der Waals surface area contributed by atoms with Gasteiger partial charge in [-0.1, -0.05) is 53.7 Å². The number of nitrogens with zero attached hydrogens (tertiary/aromatic N) is 2. The molecule has 0 spiro atoms. The molecule has 0 aromatic heterocycles. The molecule has 1 atom stereocenters. The van der Waals surface area contributed by atoms with Crippen LogP contribution in [0.5, 0.6) is 0 Å². The first kappa shape index (κ1) is 19.7. The van der Waals surface area contributed by atoms with Crippen molar-refractivity contribution in [1.82, 2.24) is 4.90 Å². The number of carbonyl (C=O) groups excluding carboxylic acids is 3. The van der Waals surface area contributed by atoms with Crippen molar-refractivity contribution in [2.45, 2.75) is 19.4 Å². The summed E-state index contributed by atoms with van der Waals surface area (Å²) in [5.41, 5.74) is 2.39. The molecule has 0 bridgehead atoms. The zero-order valence-electron chi connectivity index (χ0n) is 15.8. The van der Waals surface area contributed by atoms with Crippen LogP contribution in [0.1, 0.15) is 22.8 Å².